The fraction of sp³-hybridized carbons (Fsp3) is 0.900. The molecule has 0 amide bonds. The summed E-state index contributed by atoms with van der Waals surface area (Å²) in [5.74, 6) is 0.403. The number of rotatable bonds is 2. The zero-order valence-corrected chi connectivity index (χ0v) is 8.22. The van der Waals surface area contributed by atoms with E-state index in [0.29, 0.717) is 11.8 Å². The number of carboxylic acid groups (broad SMARTS) is 1. The van der Waals surface area contributed by atoms with Crippen molar-refractivity contribution >= 4 is 5.97 Å². The number of likely N-dealkylation sites (tertiary alicyclic amines) is 1. The summed E-state index contributed by atoms with van der Waals surface area (Å²) in [6, 6.07) is 0. The molecule has 0 bridgehead atoms. The third-order valence-corrected chi connectivity index (χ3v) is 3.46. The second-order valence-electron chi connectivity index (χ2n) is 4.57. The second-order valence-corrected chi connectivity index (χ2v) is 4.57. The number of carbonyl (C=O) groups is 1. The Morgan fingerprint density at radius 1 is 1.29 bits per heavy atom. The Bertz CT molecular complexity index is 231. The van der Waals surface area contributed by atoms with Gasteiger partial charge in [0, 0.05) is 13.1 Å². The molecule has 3 unspecified atom stereocenters. The van der Waals surface area contributed by atoms with Crippen molar-refractivity contribution in [2.24, 2.45) is 11.8 Å². The Morgan fingerprint density at radius 2 is 2.00 bits per heavy atom. The maximum absolute atomic E-state index is 10.5. The summed E-state index contributed by atoms with van der Waals surface area (Å²) in [4.78, 5) is 12.5. The smallest absolute Gasteiger partial charge is 0.317 e. The van der Waals surface area contributed by atoms with Gasteiger partial charge in [-0.05, 0) is 31.1 Å². The first-order valence-corrected chi connectivity index (χ1v) is 5.27. The van der Waals surface area contributed by atoms with E-state index in [1.54, 1.807) is 0 Å². The van der Waals surface area contributed by atoms with Crippen LogP contribution in [0.25, 0.3) is 0 Å². The van der Waals surface area contributed by atoms with Crippen molar-refractivity contribution in [1.29, 1.82) is 0 Å². The molecular formula is C10H17NO3. The highest BCUT2D eigenvalue weighted by molar-refractivity contribution is 5.69. The molecule has 0 aromatic rings. The molecule has 2 rings (SSSR count). The lowest BCUT2D eigenvalue weighted by Gasteiger charge is -2.27. The molecule has 80 valence electrons. The van der Waals surface area contributed by atoms with E-state index in [1.165, 1.54) is 0 Å². The van der Waals surface area contributed by atoms with Crippen LogP contribution in [-0.4, -0.2) is 46.8 Å². The number of aliphatic hydroxyl groups is 1. The topological polar surface area (TPSA) is 60.8 Å². The summed E-state index contributed by atoms with van der Waals surface area (Å²) in [5, 5.41) is 18.2. The van der Waals surface area contributed by atoms with Gasteiger partial charge < -0.3 is 10.2 Å². The van der Waals surface area contributed by atoms with Crippen molar-refractivity contribution < 1.29 is 15.0 Å². The van der Waals surface area contributed by atoms with Crippen molar-refractivity contribution in [1.82, 2.24) is 4.90 Å². The second kappa shape index (κ2) is 3.87. The molecule has 2 aliphatic rings. The largest absolute Gasteiger partial charge is 0.480 e. The zero-order chi connectivity index (χ0) is 10.1. The molecule has 2 fully saturated rings. The molecule has 1 heterocycles. The molecule has 4 heteroatoms. The van der Waals surface area contributed by atoms with Crippen LogP contribution in [0.4, 0.5) is 0 Å². The van der Waals surface area contributed by atoms with Crippen LogP contribution in [0.2, 0.25) is 0 Å². The third kappa shape index (κ3) is 2.07. The van der Waals surface area contributed by atoms with Gasteiger partial charge in [0.05, 0.1) is 12.6 Å². The molecule has 1 saturated carbocycles. The normalized spacial score (nSPS) is 38.2. The van der Waals surface area contributed by atoms with Crippen molar-refractivity contribution in [2.75, 3.05) is 19.6 Å². The van der Waals surface area contributed by atoms with Crippen LogP contribution < -0.4 is 0 Å². The Balaban J connectivity index is 1.89. The average Bonchev–Trinajstić information content (AvgIpc) is 2.44. The Labute approximate surface area is 83.5 Å². The minimum absolute atomic E-state index is 0.152. The summed E-state index contributed by atoms with van der Waals surface area (Å²) < 4.78 is 0. The maximum Gasteiger partial charge on any atom is 0.317 e. The quantitative estimate of drug-likeness (QED) is 0.665. The Kier molecular flexibility index (Phi) is 2.74. The number of carboxylic acids is 1. The molecular weight excluding hydrogens is 182 g/mol. The first-order chi connectivity index (χ1) is 6.65. The monoisotopic (exact) mass is 199 g/mol. The van der Waals surface area contributed by atoms with E-state index in [-0.39, 0.29) is 12.6 Å². The molecule has 14 heavy (non-hydrogen) atoms. The Hall–Kier alpha value is -0.610. The zero-order valence-electron chi connectivity index (χ0n) is 8.22. The van der Waals surface area contributed by atoms with Gasteiger partial charge in [-0.15, -0.1) is 0 Å². The maximum atomic E-state index is 10.5. The molecule has 1 aliphatic heterocycles. The van der Waals surface area contributed by atoms with Gasteiger partial charge in [-0.3, -0.25) is 9.69 Å². The fourth-order valence-corrected chi connectivity index (χ4v) is 2.82. The van der Waals surface area contributed by atoms with Crippen LogP contribution in [0, 0.1) is 11.8 Å². The molecule has 0 spiro atoms. The molecule has 3 atom stereocenters. The average molecular weight is 199 g/mol. The highest BCUT2D eigenvalue weighted by Gasteiger charge is 2.37. The van der Waals surface area contributed by atoms with Gasteiger partial charge in [0.2, 0.25) is 0 Å². The first kappa shape index (κ1) is 9.93. The molecule has 4 nitrogen and oxygen atoms in total. The van der Waals surface area contributed by atoms with E-state index in [2.05, 4.69) is 0 Å². The van der Waals surface area contributed by atoms with Gasteiger partial charge in [-0.2, -0.15) is 0 Å². The van der Waals surface area contributed by atoms with E-state index in [1.807, 2.05) is 4.90 Å². The van der Waals surface area contributed by atoms with Gasteiger partial charge in [0.1, 0.15) is 0 Å². The SMILES string of the molecule is O=C(O)CN1CC2CCC(O)CC2C1. The number of nitrogens with zero attached hydrogens (tertiary/aromatic N) is 1. The van der Waals surface area contributed by atoms with Gasteiger partial charge in [-0.25, -0.2) is 0 Å². The van der Waals surface area contributed by atoms with Crippen LogP contribution in [0.15, 0.2) is 0 Å². The van der Waals surface area contributed by atoms with Crippen LogP contribution in [0.5, 0.6) is 0 Å². The third-order valence-electron chi connectivity index (χ3n) is 3.46. The number of hydrogen-bond acceptors (Lipinski definition) is 3. The van der Waals surface area contributed by atoms with Crippen molar-refractivity contribution in [3.8, 4) is 0 Å². The minimum Gasteiger partial charge on any atom is -0.480 e. The fourth-order valence-electron chi connectivity index (χ4n) is 2.82. The van der Waals surface area contributed by atoms with Gasteiger partial charge >= 0.3 is 5.97 Å². The lowest BCUT2D eigenvalue weighted by atomic mass is 9.80. The van der Waals surface area contributed by atoms with Crippen LogP contribution >= 0.6 is 0 Å². The van der Waals surface area contributed by atoms with Crippen molar-refractivity contribution in [3.05, 3.63) is 0 Å². The van der Waals surface area contributed by atoms with Crippen LogP contribution in [-0.2, 0) is 4.79 Å². The van der Waals surface area contributed by atoms with Crippen LogP contribution in [0.3, 0.4) is 0 Å². The van der Waals surface area contributed by atoms with Crippen LogP contribution in [0.1, 0.15) is 19.3 Å². The van der Waals surface area contributed by atoms with E-state index < -0.39 is 5.97 Å². The van der Waals surface area contributed by atoms with Gasteiger partial charge in [0.15, 0.2) is 0 Å². The minimum atomic E-state index is -0.746. The summed E-state index contributed by atoms with van der Waals surface area (Å²) in [7, 11) is 0. The van der Waals surface area contributed by atoms with E-state index in [0.717, 1.165) is 32.4 Å². The standard InChI is InChI=1S/C10H17NO3/c12-9-2-1-7-4-11(6-10(13)14)5-8(7)3-9/h7-9,12H,1-6H2,(H,13,14). The van der Waals surface area contributed by atoms with Gasteiger partial charge in [0.25, 0.3) is 0 Å². The number of aliphatic hydroxyl groups excluding tert-OH is 1. The molecule has 1 saturated heterocycles. The molecule has 0 aromatic carbocycles. The summed E-state index contributed by atoms with van der Waals surface area (Å²) in [5.41, 5.74) is 0. The van der Waals surface area contributed by atoms with E-state index in [4.69, 9.17) is 5.11 Å². The lowest BCUT2D eigenvalue weighted by Crippen LogP contribution is -2.27. The predicted molar refractivity (Wildman–Crippen MR) is 50.9 cm³/mol. The number of hydrogen-bond donors (Lipinski definition) is 2. The molecule has 0 radical (unpaired) electrons. The van der Waals surface area contributed by atoms with Crippen molar-refractivity contribution in [3.63, 3.8) is 0 Å². The van der Waals surface area contributed by atoms with E-state index >= 15 is 0 Å². The lowest BCUT2D eigenvalue weighted by molar-refractivity contribution is -0.138. The highest BCUT2D eigenvalue weighted by Crippen LogP contribution is 2.35. The first-order valence-electron chi connectivity index (χ1n) is 5.27. The predicted octanol–water partition coefficient (Wildman–Crippen LogP) is 0.164. The number of fused-ring (bicyclic) bond motifs is 1. The number of aliphatic carboxylic acids is 1. The van der Waals surface area contributed by atoms with E-state index in [9.17, 15) is 9.90 Å². The summed E-state index contributed by atoms with van der Waals surface area (Å²) in [6.07, 6.45) is 2.66. The molecule has 0 aromatic heterocycles. The molecule has 1 aliphatic carbocycles. The molecule has 2 N–H and O–H groups in total. The summed E-state index contributed by atoms with van der Waals surface area (Å²) in [6.45, 7) is 1.92. The highest BCUT2D eigenvalue weighted by atomic mass is 16.4. The summed E-state index contributed by atoms with van der Waals surface area (Å²) >= 11 is 0. The van der Waals surface area contributed by atoms with Crippen molar-refractivity contribution in [2.45, 2.75) is 25.4 Å². The van der Waals surface area contributed by atoms with Gasteiger partial charge in [-0.1, -0.05) is 0 Å². The Morgan fingerprint density at radius 3 is 2.71 bits per heavy atom.